The van der Waals surface area contributed by atoms with E-state index in [1.54, 1.807) is 0 Å². The zero-order chi connectivity index (χ0) is 11.1. The highest BCUT2D eigenvalue weighted by atomic mass is 16.3. The van der Waals surface area contributed by atoms with Gasteiger partial charge in [0.15, 0.2) is 0 Å². The molecule has 0 heterocycles. The number of aliphatic hydroxyl groups excluding tert-OH is 1. The Labute approximate surface area is 94.5 Å². The van der Waals surface area contributed by atoms with E-state index in [1.165, 1.54) is 32.1 Å². The Balaban J connectivity index is 2.15. The minimum atomic E-state index is -0.0892. The van der Waals surface area contributed by atoms with Crippen molar-refractivity contribution in [3.05, 3.63) is 0 Å². The largest absolute Gasteiger partial charge is 0.392 e. The Morgan fingerprint density at radius 3 is 2.67 bits per heavy atom. The maximum Gasteiger partial charge on any atom is 0.0693 e. The van der Waals surface area contributed by atoms with Crippen LogP contribution in [0.3, 0.4) is 0 Å². The maximum absolute atomic E-state index is 9.69. The molecule has 0 aliphatic heterocycles. The molecule has 0 amide bonds. The Hall–Kier alpha value is -0.0800. The predicted octanol–water partition coefficient (Wildman–Crippen LogP) is 2.71. The van der Waals surface area contributed by atoms with E-state index in [2.05, 4.69) is 19.2 Å². The molecule has 2 nitrogen and oxygen atoms in total. The molecule has 0 bridgehead atoms. The molecular formula is C13H27NO. The number of nitrogens with one attached hydrogen (secondary N) is 1. The summed E-state index contributed by atoms with van der Waals surface area (Å²) in [5.74, 6) is 0.803. The smallest absolute Gasteiger partial charge is 0.0693 e. The molecule has 0 aromatic heterocycles. The molecule has 1 saturated carbocycles. The molecule has 1 unspecified atom stereocenters. The lowest BCUT2D eigenvalue weighted by Crippen LogP contribution is -2.38. The van der Waals surface area contributed by atoms with Crippen molar-refractivity contribution in [1.82, 2.24) is 5.32 Å². The molecular weight excluding hydrogens is 186 g/mol. The van der Waals surface area contributed by atoms with Crippen LogP contribution in [0.5, 0.6) is 0 Å². The standard InChI is InChI=1S/C13H27NO/c1-3-5-7-11(4-2)10-14-12-8-6-9-13(12)15/h11-15H,3-10H2,1-2H3/t11?,12-,13-/m0/s1. The van der Waals surface area contributed by atoms with E-state index in [-0.39, 0.29) is 6.10 Å². The first-order chi connectivity index (χ1) is 7.27. The molecule has 0 aromatic carbocycles. The van der Waals surface area contributed by atoms with Crippen LogP contribution in [0.25, 0.3) is 0 Å². The summed E-state index contributed by atoms with van der Waals surface area (Å²) in [6.07, 6.45) is 8.47. The van der Waals surface area contributed by atoms with Crippen LogP contribution in [0.2, 0.25) is 0 Å². The van der Waals surface area contributed by atoms with Gasteiger partial charge in [-0.25, -0.2) is 0 Å². The van der Waals surface area contributed by atoms with E-state index < -0.39 is 0 Å². The maximum atomic E-state index is 9.69. The highest BCUT2D eigenvalue weighted by Crippen LogP contribution is 2.20. The second-order valence-electron chi connectivity index (χ2n) is 4.93. The van der Waals surface area contributed by atoms with E-state index in [1.807, 2.05) is 0 Å². The quantitative estimate of drug-likeness (QED) is 0.681. The zero-order valence-electron chi connectivity index (χ0n) is 10.3. The second kappa shape index (κ2) is 7.24. The van der Waals surface area contributed by atoms with Crippen LogP contribution in [0.4, 0.5) is 0 Å². The van der Waals surface area contributed by atoms with Gasteiger partial charge in [-0.3, -0.25) is 0 Å². The fraction of sp³-hybridized carbons (Fsp3) is 1.00. The van der Waals surface area contributed by atoms with E-state index in [0.29, 0.717) is 6.04 Å². The molecule has 1 rings (SSSR count). The molecule has 1 aliphatic rings. The van der Waals surface area contributed by atoms with Gasteiger partial charge < -0.3 is 10.4 Å². The molecule has 2 N–H and O–H groups in total. The predicted molar refractivity (Wildman–Crippen MR) is 65.0 cm³/mol. The van der Waals surface area contributed by atoms with Gasteiger partial charge >= 0.3 is 0 Å². The topological polar surface area (TPSA) is 32.3 Å². The monoisotopic (exact) mass is 213 g/mol. The van der Waals surface area contributed by atoms with Crippen LogP contribution in [-0.2, 0) is 0 Å². The van der Waals surface area contributed by atoms with Gasteiger partial charge in [-0.2, -0.15) is 0 Å². The van der Waals surface area contributed by atoms with Crippen LogP contribution in [-0.4, -0.2) is 23.8 Å². The molecule has 1 fully saturated rings. The van der Waals surface area contributed by atoms with Gasteiger partial charge in [0.2, 0.25) is 0 Å². The lowest BCUT2D eigenvalue weighted by Gasteiger charge is -2.21. The van der Waals surface area contributed by atoms with E-state index in [9.17, 15) is 5.11 Å². The molecule has 0 saturated heterocycles. The summed E-state index contributed by atoms with van der Waals surface area (Å²) < 4.78 is 0. The number of hydrogen-bond donors (Lipinski definition) is 2. The third-order valence-electron chi connectivity index (χ3n) is 3.69. The summed E-state index contributed by atoms with van der Waals surface area (Å²) >= 11 is 0. The summed E-state index contributed by atoms with van der Waals surface area (Å²) in [4.78, 5) is 0. The summed E-state index contributed by atoms with van der Waals surface area (Å²) in [7, 11) is 0. The number of unbranched alkanes of at least 4 members (excludes halogenated alkanes) is 1. The third kappa shape index (κ3) is 4.52. The van der Waals surface area contributed by atoms with E-state index in [4.69, 9.17) is 0 Å². The van der Waals surface area contributed by atoms with E-state index in [0.717, 1.165) is 25.3 Å². The minimum Gasteiger partial charge on any atom is -0.392 e. The van der Waals surface area contributed by atoms with Crippen molar-refractivity contribution < 1.29 is 5.11 Å². The van der Waals surface area contributed by atoms with Gasteiger partial charge in [0.25, 0.3) is 0 Å². The summed E-state index contributed by atoms with van der Waals surface area (Å²) in [5, 5.41) is 13.2. The first kappa shape index (κ1) is 13.0. The lowest BCUT2D eigenvalue weighted by atomic mass is 9.99. The molecule has 2 heteroatoms. The zero-order valence-corrected chi connectivity index (χ0v) is 10.3. The van der Waals surface area contributed by atoms with Crippen molar-refractivity contribution in [2.45, 2.75) is 70.9 Å². The average molecular weight is 213 g/mol. The van der Waals surface area contributed by atoms with E-state index >= 15 is 0 Å². The number of hydrogen-bond acceptors (Lipinski definition) is 2. The normalized spacial score (nSPS) is 28.2. The number of aliphatic hydroxyl groups is 1. The molecule has 1 aliphatic carbocycles. The Kier molecular flexibility index (Phi) is 6.26. The van der Waals surface area contributed by atoms with Crippen molar-refractivity contribution in [2.24, 2.45) is 5.92 Å². The van der Waals surface area contributed by atoms with Gasteiger partial charge in [-0.1, -0.05) is 33.1 Å². The highest BCUT2D eigenvalue weighted by molar-refractivity contribution is 4.83. The molecule has 0 spiro atoms. The fourth-order valence-corrected chi connectivity index (χ4v) is 2.44. The molecule has 0 radical (unpaired) electrons. The minimum absolute atomic E-state index is 0.0892. The Morgan fingerprint density at radius 1 is 1.33 bits per heavy atom. The molecule has 90 valence electrons. The highest BCUT2D eigenvalue weighted by Gasteiger charge is 2.24. The van der Waals surface area contributed by atoms with Gasteiger partial charge in [0.1, 0.15) is 0 Å². The van der Waals surface area contributed by atoms with Crippen molar-refractivity contribution in [2.75, 3.05) is 6.54 Å². The van der Waals surface area contributed by atoms with Crippen LogP contribution in [0.1, 0.15) is 58.8 Å². The SMILES string of the molecule is CCCCC(CC)CN[C@H]1CCC[C@@H]1O. The fourth-order valence-electron chi connectivity index (χ4n) is 2.44. The first-order valence-electron chi connectivity index (χ1n) is 6.69. The van der Waals surface area contributed by atoms with Crippen molar-refractivity contribution in [1.29, 1.82) is 0 Å². The third-order valence-corrected chi connectivity index (χ3v) is 3.69. The van der Waals surface area contributed by atoms with Crippen LogP contribution >= 0.6 is 0 Å². The van der Waals surface area contributed by atoms with Crippen LogP contribution in [0, 0.1) is 5.92 Å². The number of rotatable bonds is 7. The lowest BCUT2D eigenvalue weighted by molar-refractivity contribution is 0.146. The molecule has 15 heavy (non-hydrogen) atoms. The second-order valence-corrected chi connectivity index (χ2v) is 4.93. The summed E-state index contributed by atoms with van der Waals surface area (Å²) in [6, 6.07) is 0.376. The average Bonchev–Trinajstić information content (AvgIpc) is 2.65. The van der Waals surface area contributed by atoms with Gasteiger partial charge in [0.05, 0.1) is 6.10 Å². The summed E-state index contributed by atoms with van der Waals surface area (Å²) in [5.41, 5.74) is 0. The molecule has 0 aromatic rings. The van der Waals surface area contributed by atoms with Crippen LogP contribution < -0.4 is 5.32 Å². The van der Waals surface area contributed by atoms with Crippen LogP contribution in [0.15, 0.2) is 0 Å². The van der Waals surface area contributed by atoms with Crippen molar-refractivity contribution in [3.63, 3.8) is 0 Å². The summed E-state index contributed by atoms with van der Waals surface area (Å²) in [6.45, 7) is 5.62. The first-order valence-corrected chi connectivity index (χ1v) is 6.69. The van der Waals surface area contributed by atoms with Crippen molar-refractivity contribution in [3.8, 4) is 0 Å². The Bertz CT molecular complexity index is 161. The molecule has 3 atom stereocenters. The van der Waals surface area contributed by atoms with Crippen molar-refractivity contribution >= 4 is 0 Å². The van der Waals surface area contributed by atoms with Gasteiger partial charge in [-0.15, -0.1) is 0 Å². The van der Waals surface area contributed by atoms with Gasteiger partial charge in [0, 0.05) is 6.04 Å². The van der Waals surface area contributed by atoms with Gasteiger partial charge in [-0.05, 0) is 38.1 Å². The Morgan fingerprint density at radius 2 is 2.13 bits per heavy atom.